The van der Waals surface area contributed by atoms with Crippen molar-refractivity contribution in [1.29, 1.82) is 0 Å². The Labute approximate surface area is 103 Å². The lowest BCUT2D eigenvalue weighted by Crippen LogP contribution is -2.26. The molecule has 2 saturated carbocycles. The zero-order chi connectivity index (χ0) is 12.6. The molecule has 0 aliphatic heterocycles. The van der Waals surface area contributed by atoms with Crippen molar-refractivity contribution in [1.82, 2.24) is 0 Å². The van der Waals surface area contributed by atoms with Crippen LogP contribution in [-0.2, 0) is 4.79 Å². The minimum atomic E-state index is -0.804. The summed E-state index contributed by atoms with van der Waals surface area (Å²) in [6.07, 6.45) is 7.74. The van der Waals surface area contributed by atoms with E-state index in [4.69, 9.17) is 5.11 Å². The summed E-state index contributed by atoms with van der Waals surface area (Å²) in [5.41, 5.74) is 2.15. The molecule has 0 heterocycles. The van der Waals surface area contributed by atoms with Crippen molar-refractivity contribution in [2.75, 3.05) is 0 Å². The van der Waals surface area contributed by atoms with Crippen LogP contribution in [0.3, 0.4) is 0 Å². The summed E-state index contributed by atoms with van der Waals surface area (Å²) >= 11 is 0. The van der Waals surface area contributed by atoms with E-state index in [9.17, 15) is 4.79 Å². The van der Waals surface area contributed by atoms with Gasteiger partial charge in [0.1, 0.15) is 0 Å². The summed E-state index contributed by atoms with van der Waals surface area (Å²) in [6.45, 7) is 8.28. The highest BCUT2D eigenvalue weighted by molar-refractivity contribution is 5.85. The van der Waals surface area contributed by atoms with Gasteiger partial charge in [-0.1, -0.05) is 25.2 Å². The van der Waals surface area contributed by atoms with Crippen LogP contribution in [0.2, 0.25) is 0 Å². The standard InChI is InChI=1S/C15H22O2/c1-10(14(16)17)5-4-8-15(3)11(2)12-6-7-13(15)9-12/h5,12-13H,2,4,6-9H2,1,3H3,(H,16,17)/b10-5+/t12-,13+,15+/m1/s1. The fourth-order valence-electron chi connectivity index (χ4n) is 3.65. The molecule has 2 rings (SSSR count). The van der Waals surface area contributed by atoms with Gasteiger partial charge in [-0.3, -0.25) is 0 Å². The molecule has 0 aromatic heterocycles. The molecule has 94 valence electrons. The Bertz CT molecular complexity index is 380. The van der Waals surface area contributed by atoms with Crippen LogP contribution in [0.15, 0.2) is 23.8 Å². The van der Waals surface area contributed by atoms with Gasteiger partial charge in [-0.05, 0) is 56.3 Å². The number of carbonyl (C=O) groups is 1. The van der Waals surface area contributed by atoms with E-state index in [1.165, 1.54) is 24.8 Å². The Morgan fingerprint density at radius 1 is 1.59 bits per heavy atom. The highest BCUT2D eigenvalue weighted by Crippen LogP contribution is 2.60. The normalized spacial score (nSPS) is 36.6. The van der Waals surface area contributed by atoms with Gasteiger partial charge in [-0.15, -0.1) is 0 Å². The van der Waals surface area contributed by atoms with Crippen LogP contribution in [0.1, 0.15) is 46.0 Å². The fourth-order valence-corrected chi connectivity index (χ4v) is 3.65. The number of hydrogen-bond donors (Lipinski definition) is 1. The van der Waals surface area contributed by atoms with Gasteiger partial charge in [0.25, 0.3) is 0 Å². The maximum absolute atomic E-state index is 10.7. The molecule has 0 unspecified atom stereocenters. The Morgan fingerprint density at radius 3 is 2.82 bits per heavy atom. The van der Waals surface area contributed by atoms with E-state index >= 15 is 0 Å². The van der Waals surface area contributed by atoms with Crippen molar-refractivity contribution in [3.8, 4) is 0 Å². The summed E-state index contributed by atoms with van der Waals surface area (Å²) in [4.78, 5) is 10.7. The van der Waals surface area contributed by atoms with Gasteiger partial charge >= 0.3 is 5.97 Å². The summed E-state index contributed by atoms with van der Waals surface area (Å²) in [6, 6.07) is 0. The molecule has 2 aliphatic rings. The van der Waals surface area contributed by atoms with Gasteiger partial charge in [0.2, 0.25) is 0 Å². The molecule has 0 amide bonds. The maximum atomic E-state index is 10.7. The molecule has 2 nitrogen and oxygen atoms in total. The van der Waals surface area contributed by atoms with Crippen molar-refractivity contribution < 1.29 is 9.90 Å². The summed E-state index contributed by atoms with van der Waals surface area (Å²) in [5.74, 6) is 0.731. The number of carboxylic acid groups (broad SMARTS) is 1. The van der Waals surface area contributed by atoms with E-state index < -0.39 is 5.97 Å². The minimum Gasteiger partial charge on any atom is -0.478 e. The lowest BCUT2D eigenvalue weighted by Gasteiger charge is -2.36. The van der Waals surface area contributed by atoms with E-state index in [1.807, 2.05) is 6.08 Å². The molecule has 1 N–H and O–H groups in total. The third-order valence-electron chi connectivity index (χ3n) is 5.01. The van der Waals surface area contributed by atoms with Gasteiger partial charge in [0.05, 0.1) is 0 Å². The molecule has 0 spiro atoms. The van der Waals surface area contributed by atoms with Crippen LogP contribution in [-0.4, -0.2) is 11.1 Å². The average molecular weight is 234 g/mol. The molecular weight excluding hydrogens is 212 g/mol. The highest BCUT2D eigenvalue weighted by Gasteiger charge is 2.49. The predicted octanol–water partition coefficient (Wildman–Crippen LogP) is 3.79. The summed E-state index contributed by atoms with van der Waals surface area (Å²) in [7, 11) is 0. The first-order chi connectivity index (χ1) is 7.95. The first kappa shape index (κ1) is 12.4. The second-order valence-electron chi connectivity index (χ2n) is 5.88. The minimum absolute atomic E-state index is 0.262. The molecule has 0 aromatic carbocycles. The number of fused-ring (bicyclic) bond motifs is 2. The van der Waals surface area contributed by atoms with Crippen LogP contribution < -0.4 is 0 Å². The van der Waals surface area contributed by atoms with E-state index in [-0.39, 0.29) is 5.41 Å². The molecular formula is C15H22O2. The van der Waals surface area contributed by atoms with Crippen molar-refractivity contribution >= 4 is 5.97 Å². The fraction of sp³-hybridized carbons (Fsp3) is 0.667. The van der Waals surface area contributed by atoms with Gasteiger partial charge < -0.3 is 5.11 Å². The van der Waals surface area contributed by atoms with Gasteiger partial charge in [0, 0.05) is 5.57 Å². The second kappa shape index (κ2) is 4.32. The third-order valence-corrected chi connectivity index (χ3v) is 5.01. The predicted molar refractivity (Wildman–Crippen MR) is 68.7 cm³/mol. The summed E-state index contributed by atoms with van der Waals surface area (Å²) < 4.78 is 0. The lowest BCUT2D eigenvalue weighted by atomic mass is 9.69. The van der Waals surface area contributed by atoms with Crippen LogP contribution >= 0.6 is 0 Å². The molecule has 2 heteroatoms. The molecule has 0 radical (unpaired) electrons. The van der Waals surface area contributed by atoms with E-state index in [1.54, 1.807) is 6.92 Å². The largest absolute Gasteiger partial charge is 0.478 e. The second-order valence-corrected chi connectivity index (χ2v) is 5.88. The summed E-state index contributed by atoms with van der Waals surface area (Å²) in [5, 5.41) is 8.81. The Morgan fingerprint density at radius 2 is 2.29 bits per heavy atom. The SMILES string of the molecule is C=C1[C@@H]2CC[C@@H](C2)[C@@]1(C)CC/C=C(\C)C(=O)O. The molecule has 17 heavy (non-hydrogen) atoms. The Kier molecular flexibility index (Phi) is 3.15. The molecule has 0 aromatic rings. The van der Waals surface area contributed by atoms with Crippen LogP contribution in [0.4, 0.5) is 0 Å². The third kappa shape index (κ3) is 2.05. The Hall–Kier alpha value is -1.05. The highest BCUT2D eigenvalue weighted by atomic mass is 16.4. The molecule has 3 atom stereocenters. The van der Waals surface area contributed by atoms with Gasteiger partial charge in [0.15, 0.2) is 0 Å². The molecule has 2 aliphatic carbocycles. The lowest BCUT2D eigenvalue weighted by molar-refractivity contribution is -0.132. The average Bonchev–Trinajstić information content (AvgIpc) is 2.83. The molecule has 0 saturated heterocycles. The van der Waals surface area contributed by atoms with Gasteiger partial charge in [-0.2, -0.15) is 0 Å². The van der Waals surface area contributed by atoms with E-state index in [2.05, 4.69) is 13.5 Å². The number of rotatable bonds is 4. The van der Waals surface area contributed by atoms with Crippen molar-refractivity contribution in [3.63, 3.8) is 0 Å². The number of carboxylic acids is 1. The monoisotopic (exact) mass is 234 g/mol. The van der Waals surface area contributed by atoms with Crippen LogP contribution in [0.5, 0.6) is 0 Å². The van der Waals surface area contributed by atoms with Crippen molar-refractivity contribution in [3.05, 3.63) is 23.8 Å². The van der Waals surface area contributed by atoms with Crippen molar-refractivity contribution in [2.45, 2.75) is 46.0 Å². The van der Waals surface area contributed by atoms with E-state index in [0.717, 1.165) is 24.7 Å². The maximum Gasteiger partial charge on any atom is 0.330 e. The first-order valence-electron chi connectivity index (χ1n) is 6.54. The first-order valence-corrected chi connectivity index (χ1v) is 6.54. The topological polar surface area (TPSA) is 37.3 Å². The van der Waals surface area contributed by atoms with E-state index in [0.29, 0.717) is 5.57 Å². The van der Waals surface area contributed by atoms with Crippen molar-refractivity contribution in [2.24, 2.45) is 17.3 Å². The molecule has 2 fully saturated rings. The van der Waals surface area contributed by atoms with Crippen LogP contribution in [0.25, 0.3) is 0 Å². The van der Waals surface area contributed by atoms with Crippen LogP contribution in [0, 0.1) is 17.3 Å². The Balaban J connectivity index is 1.97. The zero-order valence-electron chi connectivity index (χ0n) is 10.8. The molecule has 2 bridgehead atoms. The quantitative estimate of drug-likeness (QED) is 0.593. The number of aliphatic carboxylic acids is 1. The number of hydrogen-bond acceptors (Lipinski definition) is 1. The van der Waals surface area contributed by atoms with Gasteiger partial charge in [-0.25, -0.2) is 4.79 Å². The number of allylic oxidation sites excluding steroid dienone is 2. The smallest absolute Gasteiger partial charge is 0.330 e. The zero-order valence-corrected chi connectivity index (χ0v) is 10.8.